The number of aliphatic imine (C=N–C) groups is 1. The summed E-state index contributed by atoms with van der Waals surface area (Å²) in [6.07, 6.45) is 1.62. The van der Waals surface area contributed by atoms with Crippen molar-refractivity contribution in [1.29, 1.82) is 0 Å². The molecule has 0 bridgehead atoms. The Morgan fingerprint density at radius 3 is 2.67 bits per heavy atom. The Morgan fingerprint density at radius 2 is 1.94 bits per heavy atom. The smallest absolute Gasteiger partial charge is 0.142 e. The molecule has 0 heterocycles. The minimum Gasteiger partial charge on any atom is -0.506 e. The largest absolute Gasteiger partial charge is 0.506 e. The lowest BCUT2D eigenvalue weighted by molar-refractivity contribution is 0.474. The topological polar surface area (TPSA) is 32.6 Å². The molecule has 0 radical (unpaired) electrons. The fourth-order valence-electron chi connectivity index (χ4n) is 1.52. The van der Waals surface area contributed by atoms with Crippen molar-refractivity contribution in [2.45, 2.75) is 6.54 Å². The number of halogens is 2. The van der Waals surface area contributed by atoms with E-state index in [4.69, 9.17) is 11.6 Å². The standard InChI is InChI=1S/C14H11BrClNO/c15-12-6-11(14(18)13(16)7-12)9-17-8-10-4-2-1-3-5-10/h1-7,9,18H,8H2. The Balaban J connectivity index is 2.15. The van der Waals surface area contributed by atoms with Crippen molar-refractivity contribution < 1.29 is 5.11 Å². The average Bonchev–Trinajstić information content (AvgIpc) is 2.36. The van der Waals surface area contributed by atoms with Crippen molar-refractivity contribution in [2.75, 3.05) is 0 Å². The Labute approximate surface area is 119 Å². The number of hydrogen-bond donors (Lipinski definition) is 1. The Kier molecular flexibility index (Phi) is 4.39. The van der Waals surface area contributed by atoms with Crippen LogP contribution in [-0.4, -0.2) is 11.3 Å². The normalized spacial score (nSPS) is 11.0. The van der Waals surface area contributed by atoms with Gasteiger partial charge in [-0.2, -0.15) is 0 Å². The molecule has 18 heavy (non-hydrogen) atoms. The molecule has 0 aliphatic heterocycles. The predicted octanol–water partition coefficient (Wildman–Crippen LogP) is 4.43. The first kappa shape index (κ1) is 13.1. The first-order valence-electron chi connectivity index (χ1n) is 5.38. The molecule has 92 valence electrons. The molecule has 0 fully saturated rings. The molecule has 0 spiro atoms. The van der Waals surface area contributed by atoms with E-state index in [1.165, 1.54) is 0 Å². The molecule has 0 atom stereocenters. The molecule has 2 aromatic carbocycles. The summed E-state index contributed by atoms with van der Waals surface area (Å²) in [7, 11) is 0. The van der Waals surface area contributed by atoms with Gasteiger partial charge in [0.05, 0.1) is 11.6 Å². The number of hydrogen-bond acceptors (Lipinski definition) is 2. The van der Waals surface area contributed by atoms with Gasteiger partial charge in [0.1, 0.15) is 5.75 Å². The van der Waals surface area contributed by atoms with Gasteiger partial charge in [0, 0.05) is 16.3 Å². The molecule has 2 aromatic rings. The molecule has 1 N–H and O–H groups in total. The summed E-state index contributed by atoms with van der Waals surface area (Å²) in [6.45, 7) is 0.574. The maximum atomic E-state index is 9.78. The second kappa shape index (κ2) is 6.03. The van der Waals surface area contributed by atoms with Crippen molar-refractivity contribution in [1.82, 2.24) is 0 Å². The molecule has 0 amide bonds. The molecule has 2 rings (SSSR count). The second-order valence-corrected chi connectivity index (χ2v) is 5.10. The third-order valence-corrected chi connectivity index (χ3v) is 3.15. The van der Waals surface area contributed by atoms with Crippen molar-refractivity contribution in [3.05, 3.63) is 63.1 Å². The summed E-state index contributed by atoms with van der Waals surface area (Å²) in [5, 5.41) is 10.1. The molecule has 0 saturated heterocycles. The van der Waals surface area contributed by atoms with Crippen LogP contribution in [-0.2, 0) is 6.54 Å². The summed E-state index contributed by atoms with van der Waals surface area (Å²) in [5.41, 5.74) is 1.72. The van der Waals surface area contributed by atoms with Gasteiger partial charge in [-0.1, -0.05) is 57.9 Å². The fraction of sp³-hybridized carbons (Fsp3) is 0.0714. The van der Waals surface area contributed by atoms with E-state index < -0.39 is 0 Å². The number of nitrogens with zero attached hydrogens (tertiary/aromatic N) is 1. The van der Waals surface area contributed by atoms with E-state index in [-0.39, 0.29) is 5.75 Å². The van der Waals surface area contributed by atoms with Crippen molar-refractivity contribution in [3.8, 4) is 5.75 Å². The second-order valence-electron chi connectivity index (χ2n) is 3.78. The van der Waals surface area contributed by atoms with Crippen molar-refractivity contribution >= 4 is 33.7 Å². The highest BCUT2D eigenvalue weighted by Gasteiger charge is 2.05. The monoisotopic (exact) mass is 323 g/mol. The summed E-state index contributed by atoms with van der Waals surface area (Å²) in [6, 6.07) is 13.3. The highest BCUT2D eigenvalue weighted by atomic mass is 79.9. The van der Waals surface area contributed by atoms with E-state index >= 15 is 0 Å². The SMILES string of the molecule is Oc1c(Cl)cc(Br)cc1C=NCc1ccccc1. The highest BCUT2D eigenvalue weighted by molar-refractivity contribution is 9.10. The van der Waals surface area contributed by atoms with Crippen LogP contribution in [0.5, 0.6) is 5.75 Å². The van der Waals surface area contributed by atoms with Crippen LogP contribution < -0.4 is 0 Å². The van der Waals surface area contributed by atoms with E-state index in [1.807, 2.05) is 30.3 Å². The quantitative estimate of drug-likeness (QED) is 0.832. The van der Waals surface area contributed by atoms with Gasteiger partial charge in [-0.25, -0.2) is 0 Å². The molecule has 4 heteroatoms. The van der Waals surface area contributed by atoms with E-state index in [0.29, 0.717) is 17.1 Å². The summed E-state index contributed by atoms with van der Waals surface area (Å²) >= 11 is 9.20. The van der Waals surface area contributed by atoms with Gasteiger partial charge in [-0.3, -0.25) is 4.99 Å². The molecule has 0 aromatic heterocycles. The van der Waals surface area contributed by atoms with Crippen molar-refractivity contribution in [2.24, 2.45) is 4.99 Å². The number of aromatic hydroxyl groups is 1. The van der Waals surface area contributed by atoms with Crippen LogP contribution in [0.1, 0.15) is 11.1 Å². The maximum Gasteiger partial charge on any atom is 0.142 e. The van der Waals surface area contributed by atoms with Crippen molar-refractivity contribution in [3.63, 3.8) is 0 Å². The van der Waals surface area contributed by atoms with Gasteiger partial charge in [0.2, 0.25) is 0 Å². The zero-order valence-corrected chi connectivity index (χ0v) is 11.8. The predicted molar refractivity (Wildman–Crippen MR) is 78.6 cm³/mol. The molecular weight excluding hydrogens is 314 g/mol. The van der Waals surface area contributed by atoms with Gasteiger partial charge in [-0.15, -0.1) is 0 Å². The third kappa shape index (κ3) is 3.34. The zero-order chi connectivity index (χ0) is 13.0. The first-order chi connectivity index (χ1) is 8.66. The summed E-state index contributed by atoms with van der Waals surface area (Å²) < 4.78 is 0.812. The molecular formula is C14H11BrClNO. The average molecular weight is 325 g/mol. The van der Waals surface area contributed by atoms with Crippen LogP contribution in [0.15, 0.2) is 51.9 Å². The lowest BCUT2D eigenvalue weighted by atomic mass is 10.2. The summed E-state index contributed by atoms with van der Waals surface area (Å²) in [5.74, 6) is 0.0525. The Morgan fingerprint density at radius 1 is 1.22 bits per heavy atom. The lowest BCUT2D eigenvalue weighted by Gasteiger charge is -2.02. The highest BCUT2D eigenvalue weighted by Crippen LogP contribution is 2.30. The van der Waals surface area contributed by atoms with E-state index in [9.17, 15) is 5.11 Å². The van der Waals surface area contributed by atoms with E-state index in [1.54, 1.807) is 18.3 Å². The van der Waals surface area contributed by atoms with Gasteiger partial charge in [-0.05, 0) is 17.7 Å². The number of rotatable bonds is 3. The zero-order valence-electron chi connectivity index (χ0n) is 9.48. The van der Waals surface area contributed by atoms with Crippen LogP contribution in [0.3, 0.4) is 0 Å². The molecule has 0 saturated carbocycles. The van der Waals surface area contributed by atoms with Crippen LogP contribution in [0, 0.1) is 0 Å². The van der Waals surface area contributed by atoms with Crippen LogP contribution in [0.2, 0.25) is 5.02 Å². The maximum absolute atomic E-state index is 9.78. The minimum absolute atomic E-state index is 0.0525. The minimum atomic E-state index is 0.0525. The lowest BCUT2D eigenvalue weighted by Crippen LogP contribution is -1.86. The Bertz CT molecular complexity index is 570. The summed E-state index contributed by atoms with van der Waals surface area (Å²) in [4.78, 5) is 4.29. The van der Waals surface area contributed by atoms with Crippen LogP contribution in [0.25, 0.3) is 0 Å². The molecule has 2 nitrogen and oxygen atoms in total. The van der Waals surface area contributed by atoms with E-state index in [2.05, 4.69) is 20.9 Å². The third-order valence-electron chi connectivity index (χ3n) is 2.40. The molecule has 0 aliphatic carbocycles. The fourth-order valence-corrected chi connectivity index (χ4v) is 2.35. The van der Waals surface area contributed by atoms with Gasteiger partial charge >= 0.3 is 0 Å². The van der Waals surface area contributed by atoms with Gasteiger partial charge in [0.15, 0.2) is 0 Å². The number of phenols is 1. The molecule has 0 unspecified atom stereocenters. The van der Waals surface area contributed by atoms with Crippen LogP contribution in [0.4, 0.5) is 0 Å². The van der Waals surface area contributed by atoms with E-state index in [0.717, 1.165) is 10.0 Å². The van der Waals surface area contributed by atoms with Crippen LogP contribution >= 0.6 is 27.5 Å². The molecule has 0 aliphatic rings. The van der Waals surface area contributed by atoms with Gasteiger partial charge < -0.3 is 5.11 Å². The number of phenolic OH excluding ortho intramolecular Hbond substituents is 1. The van der Waals surface area contributed by atoms with Gasteiger partial charge in [0.25, 0.3) is 0 Å². The number of benzene rings is 2. The first-order valence-corrected chi connectivity index (χ1v) is 6.55. The Hall–Kier alpha value is -1.32.